The van der Waals surface area contributed by atoms with Crippen LogP contribution in [0.4, 0.5) is 5.95 Å². The Labute approximate surface area is 136 Å². The van der Waals surface area contributed by atoms with E-state index in [1.54, 1.807) is 0 Å². The maximum absolute atomic E-state index is 4.58. The molecule has 2 aliphatic rings. The molecule has 2 aromatic heterocycles. The van der Waals surface area contributed by atoms with Crippen LogP contribution >= 0.6 is 0 Å². The van der Waals surface area contributed by atoms with Gasteiger partial charge in [-0.15, -0.1) is 0 Å². The third-order valence-electron chi connectivity index (χ3n) is 4.73. The normalized spacial score (nSPS) is 19.8. The third kappa shape index (κ3) is 3.20. The molecule has 0 unspecified atom stereocenters. The monoisotopic (exact) mass is 313 g/mol. The Kier molecular flexibility index (Phi) is 3.97. The molecule has 7 heteroatoms. The van der Waals surface area contributed by atoms with Crippen molar-refractivity contribution in [1.82, 2.24) is 29.3 Å². The van der Waals surface area contributed by atoms with Crippen molar-refractivity contribution in [2.75, 3.05) is 44.7 Å². The van der Waals surface area contributed by atoms with Gasteiger partial charge in [0.05, 0.1) is 12.0 Å². The van der Waals surface area contributed by atoms with E-state index in [9.17, 15) is 0 Å². The Morgan fingerprint density at radius 1 is 0.957 bits per heavy atom. The standard InChI is InChI=1S/C16H23N7/c1-20-2-5-22(6-3-20)16-18-8-14(9-19-16)11-21-4-7-23-13-17-10-15(23)12-21/h8-10,13H,2-7,11-12H2,1H3. The molecule has 1 saturated heterocycles. The number of rotatable bonds is 3. The van der Waals surface area contributed by atoms with Crippen LogP contribution in [0.1, 0.15) is 11.3 Å². The molecular weight excluding hydrogens is 290 g/mol. The number of imidazole rings is 1. The van der Waals surface area contributed by atoms with Gasteiger partial charge in [-0.1, -0.05) is 0 Å². The first-order valence-electron chi connectivity index (χ1n) is 8.24. The van der Waals surface area contributed by atoms with Gasteiger partial charge in [0.2, 0.25) is 5.95 Å². The molecule has 23 heavy (non-hydrogen) atoms. The molecule has 0 amide bonds. The Bertz CT molecular complexity index is 643. The van der Waals surface area contributed by atoms with Gasteiger partial charge in [-0.25, -0.2) is 15.0 Å². The van der Waals surface area contributed by atoms with Crippen molar-refractivity contribution in [2.24, 2.45) is 0 Å². The van der Waals surface area contributed by atoms with Gasteiger partial charge in [0.15, 0.2) is 0 Å². The zero-order valence-corrected chi connectivity index (χ0v) is 13.6. The van der Waals surface area contributed by atoms with Gasteiger partial charge in [0.1, 0.15) is 0 Å². The van der Waals surface area contributed by atoms with Crippen LogP contribution in [-0.2, 0) is 19.6 Å². The average Bonchev–Trinajstić information content (AvgIpc) is 3.04. The second-order valence-corrected chi connectivity index (χ2v) is 6.47. The highest BCUT2D eigenvalue weighted by Gasteiger charge is 2.18. The fourth-order valence-corrected chi connectivity index (χ4v) is 3.23. The zero-order valence-electron chi connectivity index (χ0n) is 13.6. The van der Waals surface area contributed by atoms with E-state index >= 15 is 0 Å². The van der Waals surface area contributed by atoms with Crippen LogP contribution in [0, 0.1) is 0 Å². The van der Waals surface area contributed by atoms with Crippen molar-refractivity contribution in [1.29, 1.82) is 0 Å². The van der Waals surface area contributed by atoms with Crippen molar-refractivity contribution in [3.63, 3.8) is 0 Å². The lowest BCUT2D eigenvalue weighted by molar-refractivity contribution is 0.212. The minimum Gasteiger partial charge on any atom is -0.338 e. The summed E-state index contributed by atoms with van der Waals surface area (Å²) in [7, 11) is 2.16. The Morgan fingerprint density at radius 2 is 1.74 bits per heavy atom. The second kappa shape index (κ2) is 6.25. The molecule has 0 saturated carbocycles. The Balaban J connectivity index is 1.37. The maximum Gasteiger partial charge on any atom is 0.225 e. The SMILES string of the molecule is CN1CCN(c2ncc(CN3CCn4cncc4C3)cn2)CC1. The summed E-state index contributed by atoms with van der Waals surface area (Å²) >= 11 is 0. The second-order valence-electron chi connectivity index (χ2n) is 6.47. The molecule has 4 rings (SSSR count). The molecule has 2 aromatic rings. The van der Waals surface area contributed by atoms with Gasteiger partial charge < -0.3 is 14.4 Å². The molecule has 0 N–H and O–H groups in total. The van der Waals surface area contributed by atoms with Crippen molar-refractivity contribution in [2.45, 2.75) is 19.6 Å². The molecule has 0 aromatic carbocycles. The van der Waals surface area contributed by atoms with Gasteiger partial charge in [-0.3, -0.25) is 4.90 Å². The average molecular weight is 313 g/mol. The largest absolute Gasteiger partial charge is 0.338 e. The predicted molar refractivity (Wildman–Crippen MR) is 88.1 cm³/mol. The summed E-state index contributed by atoms with van der Waals surface area (Å²) in [6.07, 6.45) is 7.83. The summed E-state index contributed by atoms with van der Waals surface area (Å²) in [6, 6.07) is 0. The van der Waals surface area contributed by atoms with E-state index in [0.29, 0.717) is 0 Å². The molecule has 2 aliphatic heterocycles. The van der Waals surface area contributed by atoms with Crippen LogP contribution in [0.25, 0.3) is 0 Å². The molecular formula is C16H23N7. The number of anilines is 1. The molecule has 0 aliphatic carbocycles. The van der Waals surface area contributed by atoms with Crippen LogP contribution in [0.15, 0.2) is 24.9 Å². The summed E-state index contributed by atoms with van der Waals surface area (Å²) in [5.41, 5.74) is 2.46. The van der Waals surface area contributed by atoms with Crippen molar-refractivity contribution in [3.8, 4) is 0 Å². The minimum absolute atomic E-state index is 0.860. The third-order valence-corrected chi connectivity index (χ3v) is 4.73. The van der Waals surface area contributed by atoms with Gasteiger partial charge in [0.25, 0.3) is 0 Å². The molecule has 0 radical (unpaired) electrons. The summed E-state index contributed by atoms with van der Waals surface area (Å²) in [5, 5.41) is 0. The molecule has 0 spiro atoms. The summed E-state index contributed by atoms with van der Waals surface area (Å²) in [4.78, 5) is 20.4. The number of piperazine rings is 1. The maximum atomic E-state index is 4.58. The lowest BCUT2D eigenvalue weighted by atomic mass is 10.2. The number of hydrogen-bond acceptors (Lipinski definition) is 6. The minimum atomic E-state index is 0.860. The predicted octanol–water partition coefficient (Wildman–Crippen LogP) is 0.441. The highest BCUT2D eigenvalue weighted by Crippen LogP contribution is 2.15. The smallest absolute Gasteiger partial charge is 0.225 e. The van der Waals surface area contributed by atoms with Gasteiger partial charge in [-0.2, -0.15) is 0 Å². The quantitative estimate of drug-likeness (QED) is 0.820. The summed E-state index contributed by atoms with van der Waals surface area (Å²) in [6.45, 7) is 8.06. The van der Waals surface area contributed by atoms with E-state index in [-0.39, 0.29) is 0 Å². The Hall–Kier alpha value is -1.99. The molecule has 1 fully saturated rings. The molecule has 0 atom stereocenters. The van der Waals surface area contributed by atoms with E-state index in [0.717, 1.165) is 58.3 Å². The summed E-state index contributed by atoms with van der Waals surface area (Å²) in [5.74, 6) is 0.860. The highest BCUT2D eigenvalue weighted by atomic mass is 15.3. The number of fused-ring (bicyclic) bond motifs is 1. The lowest BCUT2D eigenvalue weighted by Crippen LogP contribution is -2.45. The number of likely N-dealkylation sites (N-methyl/N-ethyl adjacent to an activating group) is 1. The van der Waals surface area contributed by atoms with Crippen molar-refractivity contribution in [3.05, 3.63) is 36.2 Å². The van der Waals surface area contributed by atoms with Crippen molar-refractivity contribution < 1.29 is 0 Å². The van der Waals surface area contributed by atoms with Crippen LogP contribution in [0.2, 0.25) is 0 Å². The molecule has 7 nitrogen and oxygen atoms in total. The summed E-state index contributed by atoms with van der Waals surface area (Å²) < 4.78 is 2.23. The fourth-order valence-electron chi connectivity index (χ4n) is 3.23. The van der Waals surface area contributed by atoms with E-state index in [1.807, 2.05) is 24.9 Å². The molecule has 4 heterocycles. The first-order chi connectivity index (χ1) is 11.3. The topological polar surface area (TPSA) is 53.3 Å². The van der Waals surface area contributed by atoms with Crippen LogP contribution < -0.4 is 4.90 Å². The van der Waals surface area contributed by atoms with Crippen LogP contribution in [-0.4, -0.2) is 69.1 Å². The number of nitrogens with zero attached hydrogens (tertiary/aromatic N) is 7. The van der Waals surface area contributed by atoms with Crippen LogP contribution in [0.5, 0.6) is 0 Å². The van der Waals surface area contributed by atoms with Crippen LogP contribution in [0.3, 0.4) is 0 Å². The van der Waals surface area contributed by atoms with Gasteiger partial charge >= 0.3 is 0 Å². The van der Waals surface area contributed by atoms with E-state index < -0.39 is 0 Å². The molecule has 122 valence electrons. The van der Waals surface area contributed by atoms with Crippen molar-refractivity contribution >= 4 is 5.95 Å². The lowest BCUT2D eigenvalue weighted by Gasteiger charge is -2.32. The van der Waals surface area contributed by atoms with E-state index in [1.165, 1.54) is 11.3 Å². The van der Waals surface area contributed by atoms with Gasteiger partial charge in [-0.05, 0) is 7.05 Å². The van der Waals surface area contributed by atoms with Gasteiger partial charge in [0, 0.05) is 76.5 Å². The Morgan fingerprint density at radius 3 is 2.52 bits per heavy atom. The first-order valence-corrected chi connectivity index (χ1v) is 8.24. The number of aromatic nitrogens is 4. The first kappa shape index (κ1) is 14.6. The fraction of sp³-hybridized carbons (Fsp3) is 0.562. The van der Waals surface area contributed by atoms with E-state index in [2.05, 4.69) is 41.3 Å². The number of hydrogen-bond donors (Lipinski definition) is 0. The zero-order chi connectivity index (χ0) is 15.6. The molecule has 0 bridgehead atoms. The van der Waals surface area contributed by atoms with E-state index in [4.69, 9.17) is 0 Å². The highest BCUT2D eigenvalue weighted by molar-refractivity contribution is 5.30.